The SMILES string of the molecule is CCN=C(c1ccccc1)c1sc(=S)[nH]c1O. The van der Waals surface area contributed by atoms with Crippen LogP contribution >= 0.6 is 23.6 Å². The number of thiazole rings is 1. The Morgan fingerprint density at radius 2 is 2.12 bits per heavy atom. The first-order valence-corrected chi connectivity index (χ1v) is 6.47. The number of H-pyrrole nitrogens is 1. The largest absolute Gasteiger partial charge is 0.493 e. The molecule has 2 N–H and O–H groups in total. The predicted molar refractivity (Wildman–Crippen MR) is 73.8 cm³/mol. The minimum absolute atomic E-state index is 0.0936. The Morgan fingerprint density at radius 3 is 2.65 bits per heavy atom. The molecule has 88 valence electrons. The van der Waals surface area contributed by atoms with E-state index < -0.39 is 0 Å². The quantitative estimate of drug-likeness (QED) is 0.659. The van der Waals surface area contributed by atoms with Gasteiger partial charge in [0.15, 0.2) is 3.95 Å². The monoisotopic (exact) mass is 264 g/mol. The van der Waals surface area contributed by atoms with Gasteiger partial charge in [-0.25, -0.2) is 0 Å². The third kappa shape index (κ3) is 2.62. The van der Waals surface area contributed by atoms with Crippen LogP contribution in [0.25, 0.3) is 0 Å². The molecule has 0 bridgehead atoms. The van der Waals surface area contributed by atoms with Gasteiger partial charge in [-0.2, -0.15) is 0 Å². The van der Waals surface area contributed by atoms with Crippen LogP contribution in [0.15, 0.2) is 35.3 Å². The normalized spacial score (nSPS) is 11.7. The maximum Gasteiger partial charge on any atom is 0.210 e. The first kappa shape index (κ1) is 12.0. The fourth-order valence-electron chi connectivity index (χ4n) is 1.53. The van der Waals surface area contributed by atoms with Crippen LogP contribution in [0.2, 0.25) is 0 Å². The summed E-state index contributed by atoms with van der Waals surface area (Å²) in [5, 5.41) is 9.80. The molecule has 0 saturated carbocycles. The summed E-state index contributed by atoms with van der Waals surface area (Å²) in [5.41, 5.74) is 1.76. The molecule has 0 amide bonds. The molecule has 0 unspecified atom stereocenters. The second kappa shape index (κ2) is 5.25. The average molecular weight is 264 g/mol. The van der Waals surface area contributed by atoms with Crippen molar-refractivity contribution in [1.82, 2.24) is 4.98 Å². The first-order chi connectivity index (χ1) is 8.22. The molecule has 3 nitrogen and oxygen atoms in total. The van der Waals surface area contributed by atoms with Crippen molar-refractivity contribution in [3.8, 4) is 5.88 Å². The third-order valence-electron chi connectivity index (χ3n) is 2.21. The Bertz CT molecular complexity index is 584. The Morgan fingerprint density at radius 1 is 1.41 bits per heavy atom. The molecule has 0 aliphatic carbocycles. The maximum atomic E-state index is 9.80. The Kier molecular flexibility index (Phi) is 3.71. The second-order valence-electron chi connectivity index (χ2n) is 3.38. The van der Waals surface area contributed by atoms with E-state index >= 15 is 0 Å². The third-order valence-corrected chi connectivity index (χ3v) is 3.44. The van der Waals surface area contributed by atoms with Crippen LogP contribution in [0.1, 0.15) is 17.4 Å². The molecule has 2 rings (SSSR count). The van der Waals surface area contributed by atoms with Gasteiger partial charge in [0.25, 0.3) is 0 Å². The predicted octanol–water partition coefficient (Wildman–Crippen LogP) is 3.37. The van der Waals surface area contributed by atoms with Gasteiger partial charge in [0, 0.05) is 12.1 Å². The summed E-state index contributed by atoms with van der Waals surface area (Å²) in [4.78, 5) is 7.86. The maximum absolute atomic E-state index is 9.80. The second-order valence-corrected chi connectivity index (χ2v) is 5.07. The molecule has 5 heteroatoms. The topological polar surface area (TPSA) is 48.4 Å². The lowest BCUT2D eigenvalue weighted by molar-refractivity contribution is 0.456. The first-order valence-electron chi connectivity index (χ1n) is 5.24. The molecule has 1 heterocycles. The average Bonchev–Trinajstić information content (AvgIpc) is 2.66. The van der Waals surface area contributed by atoms with E-state index in [4.69, 9.17) is 12.2 Å². The van der Waals surface area contributed by atoms with E-state index in [1.54, 1.807) is 0 Å². The van der Waals surface area contributed by atoms with Crippen LogP contribution in [-0.2, 0) is 0 Å². The molecule has 17 heavy (non-hydrogen) atoms. The van der Waals surface area contributed by atoms with Crippen LogP contribution in [-0.4, -0.2) is 22.3 Å². The van der Waals surface area contributed by atoms with Gasteiger partial charge in [-0.1, -0.05) is 41.7 Å². The van der Waals surface area contributed by atoms with E-state index in [9.17, 15) is 5.11 Å². The van der Waals surface area contributed by atoms with Gasteiger partial charge in [0.05, 0.1) is 5.71 Å². The zero-order valence-electron chi connectivity index (χ0n) is 9.30. The van der Waals surface area contributed by atoms with E-state index in [1.807, 2.05) is 37.3 Å². The van der Waals surface area contributed by atoms with Crippen molar-refractivity contribution in [2.45, 2.75) is 6.92 Å². The summed E-state index contributed by atoms with van der Waals surface area (Å²) < 4.78 is 0.553. The zero-order chi connectivity index (χ0) is 12.3. The molecule has 0 spiro atoms. The Labute approximate surface area is 108 Å². The van der Waals surface area contributed by atoms with Gasteiger partial charge in [-0.05, 0) is 19.1 Å². The van der Waals surface area contributed by atoms with Crippen molar-refractivity contribution in [1.29, 1.82) is 0 Å². The number of rotatable bonds is 3. The van der Waals surface area contributed by atoms with Gasteiger partial charge in [0.2, 0.25) is 5.88 Å². The number of benzene rings is 1. The highest BCUT2D eigenvalue weighted by molar-refractivity contribution is 7.73. The van der Waals surface area contributed by atoms with E-state index in [0.717, 1.165) is 11.3 Å². The van der Waals surface area contributed by atoms with Crippen LogP contribution < -0.4 is 0 Å². The Hall–Kier alpha value is -1.46. The van der Waals surface area contributed by atoms with Crippen LogP contribution in [0, 0.1) is 3.95 Å². The van der Waals surface area contributed by atoms with Crippen molar-refractivity contribution >= 4 is 29.3 Å². The van der Waals surface area contributed by atoms with Gasteiger partial charge >= 0.3 is 0 Å². The summed E-state index contributed by atoms with van der Waals surface area (Å²) in [6, 6.07) is 9.78. The summed E-state index contributed by atoms with van der Waals surface area (Å²) in [6.07, 6.45) is 0. The molecule has 0 fully saturated rings. The van der Waals surface area contributed by atoms with Crippen LogP contribution in [0.4, 0.5) is 0 Å². The smallest absolute Gasteiger partial charge is 0.210 e. The lowest BCUT2D eigenvalue weighted by Gasteiger charge is -2.04. The van der Waals surface area contributed by atoms with Gasteiger partial charge in [0.1, 0.15) is 4.88 Å². The van der Waals surface area contributed by atoms with Crippen molar-refractivity contribution in [2.75, 3.05) is 6.54 Å². The zero-order valence-corrected chi connectivity index (χ0v) is 10.9. The lowest BCUT2D eigenvalue weighted by Crippen LogP contribution is -2.02. The van der Waals surface area contributed by atoms with Gasteiger partial charge < -0.3 is 10.1 Å². The Balaban J connectivity index is 2.55. The lowest BCUT2D eigenvalue weighted by atomic mass is 10.1. The number of nitrogens with zero attached hydrogens (tertiary/aromatic N) is 1. The highest BCUT2D eigenvalue weighted by Crippen LogP contribution is 2.25. The van der Waals surface area contributed by atoms with Crippen LogP contribution in [0.5, 0.6) is 5.88 Å². The molecule has 0 atom stereocenters. The van der Waals surface area contributed by atoms with Crippen molar-refractivity contribution in [3.63, 3.8) is 0 Å². The minimum Gasteiger partial charge on any atom is -0.493 e. The molecule has 0 aliphatic rings. The molecular formula is C12H12N2OS2. The van der Waals surface area contributed by atoms with E-state index in [-0.39, 0.29) is 5.88 Å². The molecule has 1 aromatic carbocycles. The highest BCUT2D eigenvalue weighted by Gasteiger charge is 2.13. The van der Waals surface area contributed by atoms with Gasteiger partial charge in [-0.15, -0.1) is 0 Å². The highest BCUT2D eigenvalue weighted by atomic mass is 32.1. The number of aromatic hydroxyl groups is 1. The van der Waals surface area contributed by atoms with E-state index in [1.165, 1.54) is 11.3 Å². The van der Waals surface area contributed by atoms with E-state index in [0.29, 0.717) is 15.4 Å². The number of aromatic nitrogens is 1. The molecule has 2 aromatic rings. The number of hydrogen-bond donors (Lipinski definition) is 2. The molecule has 0 saturated heterocycles. The number of hydrogen-bond acceptors (Lipinski definition) is 4. The summed E-state index contributed by atoms with van der Waals surface area (Å²) in [7, 11) is 0. The fourth-order valence-corrected chi connectivity index (χ4v) is 2.64. The van der Waals surface area contributed by atoms with Crippen LogP contribution in [0.3, 0.4) is 0 Å². The van der Waals surface area contributed by atoms with E-state index in [2.05, 4.69) is 9.98 Å². The van der Waals surface area contributed by atoms with Crippen molar-refractivity contribution in [2.24, 2.45) is 4.99 Å². The van der Waals surface area contributed by atoms with Gasteiger partial charge in [-0.3, -0.25) is 4.99 Å². The number of aliphatic imine (C=N–C) groups is 1. The molecule has 0 aliphatic heterocycles. The summed E-state index contributed by atoms with van der Waals surface area (Å²) in [6.45, 7) is 2.63. The number of aromatic amines is 1. The summed E-state index contributed by atoms with van der Waals surface area (Å²) >= 11 is 6.36. The molecular weight excluding hydrogens is 252 g/mol. The fraction of sp³-hybridized carbons (Fsp3) is 0.167. The van der Waals surface area contributed by atoms with Crippen molar-refractivity contribution < 1.29 is 5.11 Å². The van der Waals surface area contributed by atoms with Crippen molar-refractivity contribution in [3.05, 3.63) is 44.7 Å². The summed E-state index contributed by atoms with van der Waals surface area (Å²) in [5.74, 6) is 0.0936. The number of nitrogens with one attached hydrogen (secondary N) is 1. The molecule has 0 radical (unpaired) electrons. The molecule has 1 aromatic heterocycles. The standard InChI is InChI=1S/C12H12N2OS2/c1-2-13-9(8-6-4-3-5-7-8)10-11(15)14-12(16)17-10/h3-7,15H,2H2,1H3,(H,14,16). The minimum atomic E-state index is 0.0936.